The maximum atomic E-state index is 12.9. The number of esters is 2. The average Bonchev–Trinajstić information content (AvgIpc) is 2.14. The first-order valence-corrected chi connectivity index (χ1v) is 39.4. The summed E-state index contributed by atoms with van der Waals surface area (Å²) in [5.41, 5.74) is 0. The maximum absolute atomic E-state index is 12.9. The van der Waals surface area contributed by atoms with Crippen LogP contribution in [0.4, 0.5) is 0 Å². The number of unbranched alkanes of at least 4 members (excludes halogenated alkanes) is 33. The van der Waals surface area contributed by atoms with Gasteiger partial charge in [-0.2, -0.15) is 0 Å². The quantitative estimate of drug-likeness (QED) is 0.0195. The number of carbonyl (C=O) groups is 2. The van der Waals surface area contributed by atoms with E-state index in [1.54, 1.807) is 0 Å². The lowest BCUT2D eigenvalue weighted by Gasteiger charge is -2.28. The molecule has 0 aliphatic rings. The summed E-state index contributed by atoms with van der Waals surface area (Å²) in [4.78, 5) is 38.1. The number of allylic oxidation sites excluding steroid dienone is 22. The van der Waals surface area contributed by atoms with E-state index in [9.17, 15) is 19.0 Å². The molecule has 0 aromatic heterocycles. The smallest absolute Gasteiger partial charge is 0.306 e. The van der Waals surface area contributed by atoms with Gasteiger partial charge in [0.1, 0.15) is 19.8 Å². The number of nitrogens with zero attached hydrogens (tertiary/aromatic N) is 1. The number of hydrogen-bond donors (Lipinski definition) is 0. The fraction of sp³-hybridized carbons (Fsp3) is 0.707. The van der Waals surface area contributed by atoms with Crippen molar-refractivity contribution in [1.82, 2.24) is 0 Å². The molecule has 9 nitrogen and oxygen atoms in total. The summed E-state index contributed by atoms with van der Waals surface area (Å²) in [6.07, 6.45) is 104. The fourth-order valence-electron chi connectivity index (χ4n) is 10.4. The van der Waals surface area contributed by atoms with Crippen LogP contribution in [0.25, 0.3) is 0 Å². The number of hydrogen-bond acceptors (Lipinski definition) is 8. The Morgan fingerprint density at radius 1 is 0.348 bits per heavy atom. The minimum Gasteiger partial charge on any atom is -0.756 e. The fourth-order valence-corrected chi connectivity index (χ4v) is 11.1. The van der Waals surface area contributed by atoms with E-state index >= 15 is 0 Å². The highest BCUT2D eigenvalue weighted by atomic mass is 31.2. The number of rotatable bonds is 69. The predicted molar refractivity (Wildman–Crippen MR) is 397 cm³/mol. The molecule has 2 atom stereocenters. The van der Waals surface area contributed by atoms with Gasteiger partial charge in [-0.05, 0) is 116 Å². The molecule has 0 saturated carbocycles. The third-order valence-corrected chi connectivity index (χ3v) is 17.1. The van der Waals surface area contributed by atoms with Crippen molar-refractivity contribution in [2.24, 2.45) is 0 Å². The highest BCUT2D eigenvalue weighted by molar-refractivity contribution is 7.45. The normalized spacial score (nSPS) is 13.8. The minimum absolute atomic E-state index is 0.0382. The van der Waals surface area contributed by atoms with Crippen molar-refractivity contribution in [3.63, 3.8) is 0 Å². The summed E-state index contributed by atoms with van der Waals surface area (Å²) in [5.74, 6) is -0.842. The molecule has 0 amide bonds. The van der Waals surface area contributed by atoms with E-state index in [0.717, 1.165) is 109 Å². The van der Waals surface area contributed by atoms with Gasteiger partial charge in [0, 0.05) is 12.8 Å². The molecule has 0 bridgehead atoms. The minimum atomic E-state index is -4.66. The molecule has 0 aromatic carbocycles. The average molecular weight is 1300 g/mol. The van der Waals surface area contributed by atoms with Crippen molar-refractivity contribution in [3.05, 3.63) is 134 Å². The predicted octanol–water partition coefficient (Wildman–Crippen LogP) is 24.5. The van der Waals surface area contributed by atoms with Crippen LogP contribution in [-0.2, 0) is 32.7 Å². The Bertz CT molecular complexity index is 2020. The Kier molecular flexibility index (Phi) is 68.5. The maximum Gasteiger partial charge on any atom is 0.306 e. The van der Waals surface area contributed by atoms with Gasteiger partial charge in [0.25, 0.3) is 7.82 Å². The lowest BCUT2D eigenvalue weighted by atomic mass is 10.0. The molecule has 0 aliphatic carbocycles. The second-order valence-corrected chi connectivity index (χ2v) is 27.7. The molecule has 0 heterocycles. The monoisotopic (exact) mass is 1300 g/mol. The standard InChI is InChI=1S/C82H142NO8P/c1-6-8-10-12-14-16-18-20-22-24-26-28-30-32-34-36-38-40-41-43-45-47-49-51-53-55-57-59-61-63-65-67-69-71-73-75-82(85)91-80(79-90-92(86,87)89-77-76-83(3,4)5)78-88-81(84)74-72-70-68-66-64-62-60-58-56-54-52-50-48-46-44-42-39-37-35-33-31-29-27-25-23-21-19-17-15-13-11-9-7-2/h8,10,14,16,19-22,25-28,32,34,38,40,43,45,49,51,55,57,80H,6-7,9,11-13,15,17-18,23-24,29-31,33,35-37,39,41-42,44,46-48,50,52-54,56,58-79H2,1-5H3/b10-8-,16-14-,21-19-,22-20-,27-25-,28-26-,34-32-,40-38-,45-43-,51-49-,57-55-. The molecular formula is C82H142NO8P. The van der Waals surface area contributed by atoms with Gasteiger partial charge in [-0.1, -0.05) is 327 Å². The second-order valence-electron chi connectivity index (χ2n) is 26.3. The molecule has 0 saturated heterocycles. The van der Waals surface area contributed by atoms with Crippen LogP contribution in [0.2, 0.25) is 0 Å². The lowest BCUT2D eigenvalue weighted by Crippen LogP contribution is -2.37. The lowest BCUT2D eigenvalue weighted by molar-refractivity contribution is -0.870. The van der Waals surface area contributed by atoms with Crippen LogP contribution in [0.5, 0.6) is 0 Å². The Morgan fingerprint density at radius 3 is 0.924 bits per heavy atom. The van der Waals surface area contributed by atoms with Crippen molar-refractivity contribution in [1.29, 1.82) is 0 Å². The van der Waals surface area contributed by atoms with Gasteiger partial charge < -0.3 is 27.9 Å². The van der Waals surface area contributed by atoms with Gasteiger partial charge in [0.05, 0.1) is 27.7 Å². The van der Waals surface area contributed by atoms with Gasteiger partial charge in [-0.25, -0.2) is 0 Å². The van der Waals surface area contributed by atoms with E-state index in [0.29, 0.717) is 17.4 Å². The molecule has 0 spiro atoms. The Morgan fingerprint density at radius 2 is 0.620 bits per heavy atom. The molecule has 10 heteroatoms. The first-order valence-electron chi connectivity index (χ1n) is 37.9. The topological polar surface area (TPSA) is 111 Å². The van der Waals surface area contributed by atoms with Crippen molar-refractivity contribution in [3.8, 4) is 0 Å². The van der Waals surface area contributed by atoms with Crippen LogP contribution in [0.15, 0.2) is 134 Å². The van der Waals surface area contributed by atoms with Crippen molar-refractivity contribution in [2.75, 3.05) is 47.5 Å². The zero-order chi connectivity index (χ0) is 66.9. The molecule has 0 aromatic rings. The number of likely N-dealkylation sites (N-methyl/N-ethyl adjacent to an activating group) is 1. The molecule has 0 radical (unpaired) electrons. The van der Waals surface area contributed by atoms with Gasteiger partial charge in [0.2, 0.25) is 0 Å². The largest absolute Gasteiger partial charge is 0.756 e. The van der Waals surface area contributed by atoms with E-state index < -0.39 is 26.5 Å². The molecular weight excluding hydrogens is 1160 g/mol. The van der Waals surface area contributed by atoms with E-state index in [4.69, 9.17) is 18.5 Å². The summed E-state index contributed by atoms with van der Waals surface area (Å²) >= 11 is 0. The highest BCUT2D eigenvalue weighted by Gasteiger charge is 2.22. The number of phosphoric ester groups is 1. The Labute approximate surface area is 568 Å². The van der Waals surface area contributed by atoms with Crippen LogP contribution in [0.3, 0.4) is 0 Å². The molecule has 0 fully saturated rings. The Hall–Kier alpha value is -3.85. The molecule has 0 aliphatic heterocycles. The summed E-state index contributed by atoms with van der Waals surface area (Å²) < 4.78 is 34.4. The van der Waals surface area contributed by atoms with Crippen molar-refractivity contribution < 1.29 is 42.1 Å². The van der Waals surface area contributed by atoms with Gasteiger partial charge >= 0.3 is 11.9 Å². The summed E-state index contributed by atoms with van der Waals surface area (Å²) in [7, 11) is 1.15. The number of ether oxygens (including phenoxy) is 2. The molecule has 528 valence electrons. The van der Waals surface area contributed by atoms with E-state index in [1.165, 1.54) is 180 Å². The van der Waals surface area contributed by atoms with Crippen LogP contribution in [0.1, 0.15) is 322 Å². The number of carbonyl (C=O) groups excluding carboxylic acids is 2. The molecule has 0 rings (SSSR count). The van der Waals surface area contributed by atoms with Gasteiger partial charge in [-0.3, -0.25) is 14.2 Å². The first kappa shape index (κ1) is 88.2. The van der Waals surface area contributed by atoms with Gasteiger partial charge in [0.15, 0.2) is 6.10 Å². The summed E-state index contributed by atoms with van der Waals surface area (Å²) in [6, 6.07) is 0. The summed E-state index contributed by atoms with van der Waals surface area (Å²) in [5, 5.41) is 0. The SMILES string of the molecule is CC/C=C\C/C=C\C/C=C\C/C=C\C/C=C\C/C=C\C/C=C\C/C=C\C/C=C\CCCCCCCCCC(=O)OC(COC(=O)CCCCCCCCCCCCCCCCCCCCCCC/C=C\C/C=C\CCCCCCC)COP(=O)([O-])OCC[N+](C)(C)C. The highest BCUT2D eigenvalue weighted by Crippen LogP contribution is 2.38. The summed E-state index contributed by atoms with van der Waals surface area (Å²) in [6.45, 7) is 4.12. The van der Waals surface area contributed by atoms with E-state index in [2.05, 4.69) is 148 Å². The first-order chi connectivity index (χ1) is 45.0. The van der Waals surface area contributed by atoms with E-state index in [-0.39, 0.29) is 32.0 Å². The van der Waals surface area contributed by atoms with Crippen molar-refractivity contribution >= 4 is 19.8 Å². The molecule has 92 heavy (non-hydrogen) atoms. The van der Waals surface area contributed by atoms with E-state index in [1.807, 2.05) is 21.1 Å². The van der Waals surface area contributed by atoms with Gasteiger partial charge in [-0.15, -0.1) is 0 Å². The second kappa shape index (κ2) is 71.4. The zero-order valence-corrected chi connectivity index (χ0v) is 61.1. The zero-order valence-electron chi connectivity index (χ0n) is 60.2. The Balaban J connectivity index is 4.06. The van der Waals surface area contributed by atoms with Crippen LogP contribution < -0.4 is 4.89 Å². The van der Waals surface area contributed by atoms with Crippen LogP contribution >= 0.6 is 7.82 Å². The number of quaternary nitrogens is 1. The third kappa shape index (κ3) is 75.2. The van der Waals surface area contributed by atoms with Crippen molar-refractivity contribution in [2.45, 2.75) is 328 Å². The van der Waals surface area contributed by atoms with Crippen LogP contribution in [0, 0.1) is 0 Å². The van der Waals surface area contributed by atoms with Crippen LogP contribution in [-0.4, -0.2) is 70.0 Å². The third-order valence-electron chi connectivity index (χ3n) is 16.2. The molecule has 2 unspecified atom stereocenters. The number of phosphoric acid groups is 1. The molecule has 0 N–H and O–H groups in total.